The number of rotatable bonds is 7. The van der Waals surface area contributed by atoms with Crippen LogP contribution in [0.2, 0.25) is 0 Å². The molecule has 5 nitrogen and oxygen atoms in total. The zero-order chi connectivity index (χ0) is 22.8. The molecule has 0 saturated carbocycles. The van der Waals surface area contributed by atoms with Crippen LogP contribution in [0.5, 0.6) is 0 Å². The highest BCUT2D eigenvalue weighted by Gasteiger charge is 2.29. The van der Waals surface area contributed by atoms with Crippen LogP contribution in [0.1, 0.15) is 29.5 Å². The Morgan fingerprint density at radius 2 is 1.61 bits per heavy atom. The Bertz CT molecular complexity index is 1280. The summed E-state index contributed by atoms with van der Waals surface area (Å²) >= 11 is 0. The van der Waals surface area contributed by atoms with Gasteiger partial charge in [0.2, 0.25) is 6.29 Å². The first-order valence-electron chi connectivity index (χ1n) is 11.2. The van der Waals surface area contributed by atoms with Crippen molar-refractivity contribution >= 4 is 23.3 Å². The van der Waals surface area contributed by atoms with Crippen molar-refractivity contribution < 1.29 is 14.3 Å². The number of fused-ring (bicyclic) bond motifs is 4. The standard InChI is InChI=1S/C28H25N2O3/c1-2-29(17-20-18-30(15-16-31)27-14-8-7-9-21(20)27)28(32)33-19-26-24-12-5-3-10-22(24)23-11-4-6-13-25(23)26/h3-14,18,26H,2,15,17,19H2,1H3. The lowest BCUT2D eigenvalue weighted by molar-refractivity contribution is 0.0993. The molecular weight excluding hydrogens is 412 g/mol. The van der Waals surface area contributed by atoms with Gasteiger partial charge in [-0.15, -0.1) is 0 Å². The summed E-state index contributed by atoms with van der Waals surface area (Å²) in [4.78, 5) is 25.7. The van der Waals surface area contributed by atoms with Crippen LogP contribution >= 0.6 is 0 Å². The molecule has 1 radical (unpaired) electrons. The average Bonchev–Trinajstić information content (AvgIpc) is 3.37. The SMILES string of the molecule is CCN(Cc1cn(C[C]=O)c2ccccc12)C(=O)OCC1c2ccccc2-c2ccccc21. The van der Waals surface area contributed by atoms with E-state index in [9.17, 15) is 9.59 Å². The summed E-state index contributed by atoms with van der Waals surface area (Å²) in [5.74, 6) is 0.0325. The molecule has 0 spiro atoms. The van der Waals surface area contributed by atoms with E-state index in [2.05, 4.69) is 24.3 Å². The average molecular weight is 438 g/mol. The molecule has 0 saturated heterocycles. The van der Waals surface area contributed by atoms with Crippen molar-refractivity contribution in [1.29, 1.82) is 0 Å². The number of ether oxygens (including phenoxy) is 1. The van der Waals surface area contributed by atoms with Gasteiger partial charge in [0, 0.05) is 29.6 Å². The molecule has 1 heterocycles. The second-order valence-corrected chi connectivity index (χ2v) is 8.26. The van der Waals surface area contributed by atoms with Gasteiger partial charge in [0.15, 0.2) is 0 Å². The number of amides is 1. The summed E-state index contributed by atoms with van der Waals surface area (Å²) in [6.45, 7) is 3.35. The summed E-state index contributed by atoms with van der Waals surface area (Å²) < 4.78 is 7.71. The van der Waals surface area contributed by atoms with Crippen molar-refractivity contribution in [2.45, 2.75) is 25.9 Å². The summed E-state index contributed by atoms with van der Waals surface area (Å²) in [7, 11) is 0. The van der Waals surface area contributed by atoms with Gasteiger partial charge in [-0.1, -0.05) is 66.7 Å². The first-order chi connectivity index (χ1) is 16.2. The molecule has 4 aromatic rings. The van der Waals surface area contributed by atoms with Crippen molar-refractivity contribution in [3.63, 3.8) is 0 Å². The fourth-order valence-electron chi connectivity index (χ4n) is 4.85. The second kappa shape index (κ2) is 8.94. The first-order valence-corrected chi connectivity index (χ1v) is 11.2. The van der Waals surface area contributed by atoms with E-state index in [4.69, 9.17) is 4.74 Å². The molecule has 165 valence electrons. The van der Waals surface area contributed by atoms with Gasteiger partial charge in [-0.25, -0.2) is 4.79 Å². The molecule has 1 amide bonds. The predicted molar refractivity (Wildman–Crippen MR) is 129 cm³/mol. The van der Waals surface area contributed by atoms with Gasteiger partial charge in [0.05, 0.1) is 13.1 Å². The molecule has 0 unspecified atom stereocenters. The largest absolute Gasteiger partial charge is 0.448 e. The van der Waals surface area contributed by atoms with Crippen LogP contribution in [0.25, 0.3) is 22.0 Å². The van der Waals surface area contributed by atoms with E-state index in [-0.39, 0.29) is 18.6 Å². The fourth-order valence-corrected chi connectivity index (χ4v) is 4.85. The molecule has 1 aliphatic rings. The molecule has 0 fully saturated rings. The molecule has 0 bridgehead atoms. The third-order valence-corrected chi connectivity index (χ3v) is 6.44. The first kappa shape index (κ1) is 21.0. The van der Waals surface area contributed by atoms with Gasteiger partial charge >= 0.3 is 6.09 Å². The van der Waals surface area contributed by atoms with E-state index >= 15 is 0 Å². The Hall–Kier alpha value is -3.86. The Labute approximate surface area is 193 Å². The maximum Gasteiger partial charge on any atom is 0.410 e. The molecule has 33 heavy (non-hydrogen) atoms. The predicted octanol–water partition coefficient (Wildman–Crippen LogP) is 5.52. The third kappa shape index (κ3) is 3.80. The topological polar surface area (TPSA) is 51.5 Å². The van der Waals surface area contributed by atoms with Crippen LogP contribution in [0.3, 0.4) is 0 Å². The van der Waals surface area contributed by atoms with Crippen molar-refractivity contribution in [3.05, 3.63) is 95.7 Å². The summed E-state index contributed by atoms with van der Waals surface area (Å²) in [6, 6.07) is 24.5. The molecule has 3 aromatic carbocycles. The molecular formula is C28H25N2O3. The van der Waals surface area contributed by atoms with Gasteiger partial charge in [-0.3, -0.25) is 4.79 Å². The van der Waals surface area contributed by atoms with E-state index in [1.807, 2.05) is 72.5 Å². The van der Waals surface area contributed by atoms with Crippen LogP contribution in [-0.4, -0.2) is 35.0 Å². The monoisotopic (exact) mass is 437 g/mol. The van der Waals surface area contributed by atoms with Crippen LogP contribution in [-0.2, 0) is 22.6 Å². The van der Waals surface area contributed by atoms with Gasteiger partial charge in [-0.2, -0.15) is 0 Å². The highest BCUT2D eigenvalue weighted by atomic mass is 16.6. The number of carbonyl (C=O) groups is 1. The van der Waals surface area contributed by atoms with Crippen molar-refractivity contribution in [2.75, 3.05) is 13.2 Å². The number of benzene rings is 3. The van der Waals surface area contributed by atoms with Crippen molar-refractivity contribution in [3.8, 4) is 11.1 Å². The Morgan fingerprint density at radius 1 is 0.970 bits per heavy atom. The zero-order valence-electron chi connectivity index (χ0n) is 18.5. The number of hydrogen-bond donors (Lipinski definition) is 0. The summed E-state index contributed by atoms with van der Waals surface area (Å²) in [6.07, 6.45) is 3.55. The van der Waals surface area contributed by atoms with Gasteiger partial charge in [-0.05, 0) is 40.8 Å². The minimum absolute atomic E-state index is 0.0325. The van der Waals surface area contributed by atoms with E-state index in [0.717, 1.165) is 16.5 Å². The molecule has 5 heteroatoms. The maximum atomic E-state index is 13.1. The Balaban J connectivity index is 1.34. The lowest BCUT2D eigenvalue weighted by Gasteiger charge is -2.22. The smallest absolute Gasteiger partial charge is 0.410 e. The van der Waals surface area contributed by atoms with Crippen LogP contribution in [0.15, 0.2) is 79.0 Å². The lowest BCUT2D eigenvalue weighted by atomic mass is 9.98. The fraction of sp³-hybridized carbons (Fsp3) is 0.214. The molecule has 0 atom stereocenters. The number of nitrogens with zero attached hydrogens (tertiary/aromatic N) is 2. The van der Waals surface area contributed by atoms with Gasteiger partial charge in [0.1, 0.15) is 6.61 Å². The molecule has 1 aliphatic carbocycles. The van der Waals surface area contributed by atoms with Crippen LogP contribution in [0, 0.1) is 0 Å². The van der Waals surface area contributed by atoms with E-state index in [1.54, 1.807) is 4.90 Å². The summed E-state index contributed by atoms with van der Waals surface area (Å²) in [5, 5.41) is 1.03. The summed E-state index contributed by atoms with van der Waals surface area (Å²) in [5.41, 5.74) is 6.75. The van der Waals surface area contributed by atoms with Crippen LogP contribution in [0.4, 0.5) is 4.79 Å². The van der Waals surface area contributed by atoms with Crippen molar-refractivity contribution in [1.82, 2.24) is 9.47 Å². The van der Waals surface area contributed by atoms with E-state index < -0.39 is 0 Å². The Morgan fingerprint density at radius 3 is 2.27 bits per heavy atom. The normalized spacial score (nSPS) is 12.4. The third-order valence-electron chi connectivity index (χ3n) is 6.44. The Kier molecular flexibility index (Phi) is 5.69. The van der Waals surface area contributed by atoms with Gasteiger partial charge in [0.25, 0.3) is 0 Å². The molecule has 5 rings (SSSR count). The zero-order valence-corrected chi connectivity index (χ0v) is 18.5. The lowest BCUT2D eigenvalue weighted by Crippen LogP contribution is -2.31. The minimum atomic E-state index is -0.335. The van der Waals surface area contributed by atoms with Crippen LogP contribution < -0.4 is 0 Å². The molecule has 0 aliphatic heterocycles. The molecule has 0 N–H and O–H groups in total. The van der Waals surface area contributed by atoms with E-state index in [0.29, 0.717) is 19.7 Å². The number of aromatic nitrogens is 1. The van der Waals surface area contributed by atoms with Crippen molar-refractivity contribution in [2.24, 2.45) is 0 Å². The highest BCUT2D eigenvalue weighted by molar-refractivity contribution is 5.85. The quantitative estimate of drug-likeness (QED) is 0.382. The number of carbonyl (C=O) groups excluding carboxylic acids is 2. The second-order valence-electron chi connectivity index (χ2n) is 8.26. The number of hydrogen-bond acceptors (Lipinski definition) is 3. The maximum absolute atomic E-state index is 13.1. The highest BCUT2D eigenvalue weighted by Crippen LogP contribution is 2.44. The van der Waals surface area contributed by atoms with Gasteiger partial charge < -0.3 is 14.2 Å². The number of para-hydroxylation sites is 1. The minimum Gasteiger partial charge on any atom is -0.448 e. The van der Waals surface area contributed by atoms with E-state index in [1.165, 1.54) is 22.3 Å². The molecule has 1 aromatic heterocycles.